The van der Waals surface area contributed by atoms with Crippen LogP contribution in [0, 0.1) is 0 Å². The number of aromatic amines is 1. The topological polar surface area (TPSA) is 102 Å². The zero-order valence-corrected chi connectivity index (χ0v) is 25.9. The molecule has 8 nitrogen and oxygen atoms in total. The highest BCUT2D eigenvalue weighted by Gasteiger charge is 2.22. The van der Waals surface area contributed by atoms with Gasteiger partial charge in [0.05, 0.1) is 21.3 Å². The number of aromatic nitrogens is 1. The molecule has 12 heteroatoms. The minimum Gasteiger partial charge on any atom is -0.454 e. The second-order valence-electron chi connectivity index (χ2n) is 9.01. The van der Waals surface area contributed by atoms with Gasteiger partial charge in [-0.1, -0.05) is 69.5 Å². The lowest BCUT2D eigenvalue weighted by Crippen LogP contribution is -2.19. The van der Waals surface area contributed by atoms with Crippen LogP contribution in [0.3, 0.4) is 0 Å². The number of esters is 1. The molecule has 2 heterocycles. The number of hydrazone groups is 1. The summed E-state index contributed by atoms with van der Waals surface area (Å²) in [5, 5.41) is 5.66. The highest BCUT2D eigenvalue weighted by Crippen LogP contribution is 2.39. The lowest BCUT2D eigenvalue weighted by molar-refractivity contribution is 0.0732. The third kappa shape index (κ3) is 5.63. The molecular weight excluding hydrogens is 713 g/mol. The van der Waals surface area contributed by atoms with Crippen molar-refractivity contribution < 1.29 is 23.8 Å². The first-order valence-corrected chi connectivity index (χ1v) is 14.6. The molecule has 1 amide bonds. The molecule has 1 aliphatic heterocycles. The summed E-state index contributed by atoms with van der Waals surface area (Å²) >= 11 is 19.7. The summed E-state index contributed by atoms with van der Waals surface area (Å²) in [6.45, 7) is 0.0879. The van der Waals surface area contributed by atoms with E-state index in [1.54, 1.807) is 42.5 Å². The van der Waals surface area contributed by atoms with Crippen LogP contribution in [0.2, 0.25) is 10.0 Å². The molecule has 0 spiro atoms. The molecule has 0 radical (unpaired) electrons. The van der Waals surface area contributed by atoms with E-state index in [-0.39, 0.29) is 23.8 Å². The van der Waals surface area contributed by atoms with E-state index in [1.807, 2.05) is 30.3 Å². The van der Waals surface area contributed by atoms with Gasteiger partial charge in [-0.3, -0.25) is 4.79 Å². The van der Waals surface area contributed by atoms with Crippen LogP contribution in [0.15, 0.2) is 86.8 Å². The largest absolute Gasteiger partial charge is 0.454 e. The number of hydrogen-bond donors (Lipinski definition) is 2. The maximum Gasteiger partial charge on any atom is 0.343 e. The number of hydrogen-bond acceptors (Lipinski definition) is 6. The summed E-state index contributed by atoms with van der Waals surface area (Å²) in [7, 11) is 0. The third-order valence-electron chi connectivity index (χ3n) is 6.31. The van der Waals surface area contributed by atoms with Crippen molar-refractivity contribution in [3.8, 4) is 28.4 Å². The number of ether oxygens (including phenoxy) is 3. The van der Waals surface area contributed by atoms with Gasteiger partial charge in [-0.25, -0.2) is 10.2 Å². The molecule has 6 rings (SSSR count). The number of nitrogens with one attached hydrogen (secondary N) is 2. The van der Waals surface area contributed by atoms with Gasteiger partial charge in [0.15, 0.2) is 17.2 Å². The fourth-order valence-electron chi connectivity index (χ4n) is 4.49. The molecule has 2 N–H and O–H groups in total. The van der Waals surface area contributed by atoms with Gasteiger partial charge in [-0.05, 0) is 64.0 Å². The Kier molecular flexibility index (Phi) is 7.96. The molecular formula is C30H17Br2Cl2N3O5. The predicted octanol–water partition coefficient (Wildman–Crippen LogP) is 8.38. The van der Waals surface area contributed by atoms with Crippen LogP contribution < -0.4 is 19.6 Å². The number of amides is 1. The van der Waals surface area contributed by atoms with Gasteiger partial charge in [0, 0.05) is 31.5 Å². The molecule has 4 aromatic carbocycles. The van der Waals surface area contributed by atoms with Crippen LogP contribution in [-0.4, -0.2) is 29.9 Å². The van der Waals surface area contributed by atoms with Gasteiger partial charge in [-0.15, -0.1) is 0 Å². The number of carbonyl (C=O) groups excluding carboxylic acids is 2. The summed E-state index contributed by atoms with van der Waals surface area (Å²) in [6.07, 6.45) is 1.38. The zero-order valence-electron chi connectivity index (χ0n) is 21.2. The lowest BCUT2D eigenvalue weighted by atomic mass is 10.0. The summed E-state index contributed by atoms with van der Waals surface area (Å²) in [6, 6.07) is 20.9. The van der Waals surface area contributed by atoms with E-state index in [4.69, 9.17) is 37.4 Å². The van der Waals surface area contributed by atoms with Crippen LogP contribution in [0.4, 0.5) is 0 Å². The van der Waals surface area contributed by atoms with E-state index in [1.165, 1.54) is 6.21 Å². The molecule has 0 saturated heterocycles. The Hall–Kier alpha value is -3.83. The number of rotatable bonds is 6. The number of nitrogens with zero attached hydrogens (tertiary/aromatic N) is 1. The molecule has 0 bridgehead atoms. The van der Waals surface area contributed by atoms with Crippen molar-refractivity contribution in [1.29, 1.82) is 0 Å². The van der Waals surface area contributed by atoms with Gasteiger partial charge in [0.1, 0.15) is 5.69 Å². The van der Waals surface area contributed by atoms with E-state index in [2.05, 4.69) is 47.4 Å². The van der Waals surface area contributed by atoms with Crippen LogP contribution in [0.5, 0.6) is 17.2 Å². The molecule has 0 atom stereocenters. The summed E-state index contributed by atoms with van der Waals surface area (Å²) < 4.78 is 17.6. The number of fused-ring (bicyclic) bond motifs is 2. The van der Waals surface area contributed by atoms with Crippen LogP contribution >= 0.6 is 55.1 Å². The smallest absolute Gasteiger partial charge is 0.343 e. The Bertz CT molecular complexity index is 1910. The predicted molar refractivity (Wildman–Crippen MR) is 168 cm³/mol. The first-order chi connectivity index (χ1) is 20.3. The van der Waals surface area contributed by atoms with E-state index in [0.29, 0.717) is 52.5 Å². The molecule has 1 aliphatic rings. The van der Waals surface area contributed by atoms with Crippen LogP contribution in [-0.2, 0) is 0 Å². The average Bonchev–Trinajstić information content (AvgIpc) is 3.59. The number of halogens is 4. The van der Waals surface area contributed by atoms with E-state index < -0.39 is 11.9 Å². The summed E-state index contributed by atoms with van der Waals surface area (Å²) in [4.78, 5) is 29.5. The summed E-state index contributed by atoms with van der Waals surface area (Å²) in [5.74, 6) is 0.0865. The van der Waals surface area contributed by atoms with Crippen molar-refractivity contribution in [2.24, 2.45) is 5.10 Å². The molecule has 5 aromatic rings. The van der Waals surface area contributed by atoms with Gasteiger partial charge >= 0.3 is 5.97 Å². The fourth-order valence-corrected chi connectivity index (χ4v) is 6.41. The SMILES string of the molecule is O=C(Oc1c(Br)cc(Br)cc1C=NNC(=O)c1[nH]c2cc(Cl)cc(Cl)c2c1-c1ccccc1)c1ccc2c(c1)OCO2. The van der Waals surface area contributed by atoms with E-state index in [9.17, 15) is 9.59 Å². The minimum absolute atomic E-state index is 0.0879. The Morgan fingerprint density at radius 2 is 1.76 bits per heavy atom. The van der Waals surface area contributed by atoms with E-state index >= 15 is 0 Å². The average molecular weight is 730 g/mol. The molecule has 42 heavy (non-hydrogen) atoms. The summed E-state index contributed by atoms with van der Waals surface area (Å²) in [5.41, 5.74) is 5.51. The molecule has 0 fully saturated rings. The Labute approximate surface area is 265 Å². The highest BCUT2D eigenvalue weighted by atomic mass is 79.9. The first-order valence-electron chi connectivity index (χ1n) is 12.3. The van der Waals surface area contributed by atoms with Gasteiger partial charge in [-0.2, -0.15) is 5.10 Å². The molecule has 210 valence electrons. The molecule has 0 aliphatic carbocycles. The van der Waals surface area contributed by atoms with Crippen molar-refractivity contribution in [3.63, 3.8) is 0 Å². The maximum absolute atomic E-state index is 13.4. The van der Waals surface area contributed by atoms with Gasteiger partial charge in [0.25, 0.3) is 5.91 Å². The Balaban J connectivity index is 1.29. The van der Waals surface area contributed by atoms with Crippen molar-refractivity contribution in [2.75, 3.05) is 6.79 Å². The maximum atomic E-state index is 13.4. The number of carbonyl (C=O) groups is 2. The molecule has 1 aromatic heterocycles. The normalized spacial score (nSPS) is 12.2. The van der Waals surface area contributed by atoms with Gasteiger partial charge in [0.2, 0.25) is 6.79 Å². The second kappa shape index (κ2) is 11.8. The van der Waals surface area contributed by atoms with Crippen molar-refractivity contribution in [1.82, 2.24) is 10.4 Å². The van der Waals surface area contributed by atoms with Crippen LogP contribution in [0.1, 0.15) is 26.4 Å². The number of H-pyrrole nitrogens is 1. The quantitative estimate of drug-likeness (QED) is 0.0792. The lowest BCUT2D eigenvalue weighted by Gasteiger charge is -2.11. The number of benzene rings is 4. The minimum atomic E-state index is -0.615. The van der Waals surface area contributed by atoms with Crippen molar-refractivity contribution >= 4 is 84.1 Å². The van der Waals surface area contributed by atoms with Gasteiger partial charge < -0.3 is 19.2 Å². The van der Waals surface area contributed by atoms with Crippen LogP contribution in [0.25, 0.3) is 22.0 Å². The first kappa shape index (κ1) is 28.3. The van der Waals surface area contributed by atoms with Crippen molar-refractivity contribution in [3.05, 3.63) is 109 Å². The van der Waals surface area contributed by atoms with E-state index in [0.717, 1.165) is 5.56 Å². The standard InChI is InChI=1S/C30H17Br2Cl2N3O5/c31-18-8-17(28(20(32)10-18)42-30(39)16-6-7-23-24(9-16)41-14-40-23)13-35-37-29(38)27-25(15-4-2-1-3-5-15)26-21(34)11-19(33)12-22(26)36-27/h1-13,36H,14H2,(H,37,38). The highest BCUT2D eigenvalue weighted by molar-refractivity contribution is 9.11. The second-order valence-corrected chi connectivity index (χ2v) is 11.6. The third-order valence-corrected chi connectivity index (χ3v) is 7.88. The monoisotopic (exact) mass is 727 g/mol. The Morgan fingerprint density at radius 1 is 0.976 bits per heavy atom. The fraction of sp³-hybridized carbons (Fsp3) is 0.0333. The Morgan fingerprint density at radius 3 is 2.57 bits per heavy atom. The zero-order chi connectivity index (χ0) is 29.4. The molecule has 0 unspecified atom stereocenters. The molecule has 0 saturated carbocycles. The van der Waals surface area contributed by atoms with Crippen molar-refractivity contribution in [2.45, 2.75) is 0 Å².